The second kappa shape index (κ2) is 4.58. The molecular weight excluding hydrogens is 222 g/mol. The molecule has 4 heteroatoms. The lowest BCUT2D eigenvalue weighted by Gasteiger charge is -2.25. The Morgan fingerprint density at radius 2 is 2.00 bits per heavy atom. The summed E-state index contributed by atoms with van der Waals surface area (Å²) in [6, 6.07) is 0.670. The van der Waals surface area contributed by atoms with E-state index in [0.717, 1.165) is 30.2 Å². The molecule has 1 fully saturated rings. The SMILES string of the molecule is CCCN(c1nc(C)nc(Cl)c1C)C1CC1. The highest BCUT2D eigenvalue weighted by Crippen LogP contribution is 2.33. The molecule has 1 aliphatic carbocycles. The Hall–Kier alpha value is -0.830. The van der Waals surface area contributed by atoms with Crippen LogP contribution in [0.25, 0.3) is 0 Å². The standard InChI is InChI=1S/C12H18ClN3/c1-4-7-16(10-5-6-10)12-8(2)11(13)14-9(3)15-12/h10H,4-7H2,1-3H3. The minimum atomic E-state index is 0.587. The highest BCUT2D eigenvalue weighted by molar-refractivity contribution is 6.30. The molecule has 0 spiro atoms. The van der Waals surface area contributed by atoms with Crippen LogP contribution in [0.15, 0.2) is 0 Å². The van der Waals surface area contributed by atoms with E-state index in [1.54, 1.807) is 0 Å². The molecule has 3 nitrogen and oxygen atoms in total. The van der Waals surface area contributed by atoms with Crippen molar-refractivity contribution in [1.29, 1.82) is 0 Å². The van der Waals surface area contributed by atoms with Crippen LogP contribution < -0.4 is 4.90 Å². The molecule has 0 aromatic carbocycles. The van der Waals surface area contributed by atoms with Crippen molar-refractivity contribution in [3.05, 3.63) is 16.5 Å². The highest BCUT2D eigenvalue weighted by Gasteiger charge is 2.30. The molecule has 1 aliphatic rings. The summed E-state index contributed by atoms with van der Waals surface area (Å²) in [5.74, 6) is 1.79. The maximum atomic E-state index is 6.11. The van der Waals surface area contributed by atoms with Gasteiger partial charge in [-0.25, -0.2) is 9.97 Å². The third kappa shape index (κ3) is 2.29. The first-order valence-electron chi connectivity index (χ1n) is 5.91. The van der Waals surface area contributed by atoms with E-state index in [1.165, 1.54) is 12.8 Å². The normalized spacial score (nSPS) is 15.2. The Morgan fingerprint density at radius 1 is 1.31 bits per heavy atom. The maximum Gasteiger partial charge on any atom is 0.137 e. The van der Waals surface area contributed by atoms with E-state index in [4.69, 9.17) is 11.6 Å². The van der Waals surface area contributed by atoms with Crippen molar-refractivity contribution >= 4 is 17.4 Å². The molecule has 0 radical (unpaired) electrons. The maximum absolute atomic E-state index is 6.11. The smallest absolute Gasteiger partial charge is 0.137 e. The van der Waals surface area contributed by atoms with Gasteiger partial charge in [0.25, 0.3) is 0 Å². The van der Waals surface area contributed by atoms with E-state index in [1.807, 2.05) is 13.8 Å². The first-order chi connectivity index (χ1) is 7.63. The third-order valence-corrected chi connectivity index (χ3v) is 3.26. The lowest BCUT2D eigenvalue weighted by molar-refractivity contribution is 0.741. The Labute approximate surface area is 102 Å². The van der Waals surface area contributed by atoms with Gasteiger partial charge in [-0.1, -0.05) is 18.5 Å². The summed E-state index contributed by atoms with van der Waals surface area (Å²) in [6.45, 7) is 7.15. The van der Waals surface area contributed by atoms with Gasteiger partial charge in [-0.15, -0.1) is 0 Å². The van der Waals surface area contributed by atoms with Crippen LogP contribution in [0.1, 0.15) is 37.6 Å². The zero-order chi connectivity index (χ0) is 11.7. The molecular formula is C12H18ClN3. The first-order valence-corrected chi connectivity index (χ1v) is 6.28. The molecule has 1 aromatic rings. The fraction of sp³-hybridized carbons (Fsp3) is 0.667. The topological polar surface area (TPSA) is 29.0 Å². The predicted octanol–water partition coefficient (Wildman–Crippen LogP) is 3.13. The van der Waals surface area contributed by atoms with E-state index in [0.29, 0.717) is 11.2 Å². The van der Waals surface area contributed by atoms with E-state index in [9.17, 15) is 0 Å². The van der Waals surface area contributed by atoms with Crippen LogP contribution in [-0.4, -0.2) is 22.6 Å². The molecule has 1 aromatic heterocycles. The molecule has 1 saturated carbocycles. The average Bonchev–Trinajstić information content (AvgIpc) is 3.04. The summed E-state index contributed by atoms with van der Waals surface area (Å²) >= 11 is 6.11. The lowest BCUT2D eigenvalue weighted by Crippen LogP contribution is -2.28. The second-order valence-electron chi connectivity index (χ2n) is 4.43. The molecule has 0 unspecified atom stereocenters. The van der Waals surface area contributed by atoms with Gasteiger partial charge in [-0.05, 0) is 33.1 Å². The molecule has 0 aliphatic heterocycles. The van der Waals surface area contributed by atoms with Crippen LogP contribution in [0.4, 0.5) is 5.82 Å². The van der Waals surface area contributed by atoms with Gasteiger partial charge in [0.15, 0.2) is 0 Å². The number of hydrogen-bond acceptors (Lipinski definition) is 3. The van der Waals surface area contributed by atoms with Crippen LogP contribution in [0.5, 0.6) is 0 Å². The van der Waals surface area contributed by atoms with E-state index in [2.05, 4.69) is 21.8 Å². The molecule has 1 heterocycles. The Morgan fingerprint density at radius 3 is 2.56 bits per heavy atom. The highest BCUT2D eigenvalue weighted by atomic mass is 35.5. The van der Waals surface area contributed by atoms with Crippen molar-refractivity contribution < 1.29 is 0 Å². The van der Waals surface area contributed by atoms with Gasteiger partial charge in [0, 0.05) is 18.2 Å². The second-order valence-corrected chi connectivity index (χ2v) is 4.79. The predicted molar refractivity (Wildman–Crippen MR) is 67.2 cm³/mol. The zero-order valence-corrected chi connectivity index (χ0v) is 10.9. The zero-order valence-electron chi connectivity index (χ0n) is 10.1. The van der Waals surface area contributed by atoms with Gasteiger partial charge in [0.2, 0.25) is 0 Å². The van der Waals surface area contributed by atoms with Crippen molar-refractivity contribution in [2.45, 2.75) is 46.1 Å². The number of aryl methyl sites for hydroxylation is 1. The van der Waals surface area contributed by atoms with Crippen LogP contribution in [0.2, 0.25) is 5.15 Å². The van der Waals surface area contributed by atoms with Gasteiger partial charge >= 0.3 is 0 Å². The average molecular weight is 240 g/mol. The molecule has 88 valence electrons. The summed E-state index contributed by atoms with van der Waals surface area (Å²) < 4.78 is 0. The van der Waals surface area contributed by atoms with Crippen LogP contribution in [0, 0.1) is 13.8 Å². The van der Waals surface area contributed by atoms with Crippen molar-refractivity contribution in [2.75, 3.05) is 11.4 Å². The number of anilines is 1. The summed E-state index contributed by atoms with van der Waals surface area (Å²) in [5.41, 5.74) is 1.01. The van der Waals surface area contributed by atoms with Gasteiger partial charge < -0.3 is 4.90 Å². The number of halogens is 1. The molecule has 0 saturated heterocycles. The van der Waals surface area contributed by atoms with Crippen molar-refractivity contribution in [2.24, 2.45) is 0 Å². The number of nitrogens with zero attached hydrogens (tertiary/aromatic N) is 3. The summed E-state index contributed by atoms with van der Waals surface area (Å²) in [5, 5.41) is 0.587. The molecule has 0 N–H and O–H groups in total. The van der Waals surface area contributed by atoms with Crippen molar-refractivity contribution in [1.82, 2.24) is 9.97 Å². The fourth-order valence-corrected chi connectivity index (χ4v) is 2.16. The summed E-state index contributed by atoms with van der Waals surface area (Å²) in [4.78, 5) is 11.1. The van der Waals surface area contributed by atoms with Gasteiger partial charge in [-0.3, -0.25) is 0 Å². The van der Waals surface area contributed by atoms with Gasteiger partial charge in [0.05, 0.1) is 0 Å². The first kappa shape index (κ1) is 11.6. The number of hydrogen-bond donors (Lipinski definition) is 0. The Kier molecular flexibility index (Phi) is 3.33. The lowest BCUT2D eigenvalue weighted by atomic mass is 10.3. The van der Waals surface area contributed by atoms with Crippen LogP contribution >= 0.6 is 11.6 Å². The van der Waals surface area contributed by atoms with Gasteiger partial charge in [0.1, 0.15) is 16.8 Å². The monoisotopic (exact) mass is 239 g/mol. The number of aromatic nitrogens is 2. The van der Waals surface area contributed by atoms with E-state index >= 15 is 0 Å². The molecule has 16 heavy (non-hydrogen) atoms. The minimum Gasteiger partial charge on any atom is -0.353 e. The van der Waals surface area contributed by atoms with E-state index < -0.39 is 0 Å². The van der Waals surface area contributed by atoms with Crippen LogP contribution in [0.3, 0.4) is 0 Å². The quantitative estimate of drug-likeness (QED) is 0.756. The van der Waals surface area contributed by atoms with Crippen LogP contribution in [-0.2, 0) is 0 Å². The summed E-state index contributed by atoms with van der Waals surface area (Å²) in [6.07, 6.45) is 3.69. The molecule has 2 rings (SSSR count). The molecule has 0 amide bonds. The minimum absolute atomic E-state index is 0.587. The van der Waals surface area contributed by atoms with Crippen molar-refractivity contribution in [3.8, 4) is 0 Å². The fourth-order valence-electron chi connectivity index (χ4n) is 1.95. The molecule has 0 bridgehead atoms. The summed E-state index contributed by atoms with van der Waals surface area (Å²) in [7, 11) is 0. The number of rotatable bonds is 4. The third-order valence-electron chi connectivity index (χ3n) is 2.90. The Balaban J connectivity index is 2.35. The van der Waals surface area contributed by atoms with Crippen molar-refractivity contribution in [3.63, 3.8) is 0 Å². The Bertz CT molecular complexity index is 388. The molecule has 0 atom stereocenters. The largest absolute Gasteiger partial charge is 0.353 e. The van der Waals surface area contributed by atoms with E-state index in [-0.39, 0.29) is 0 Å². The van der Waals surface area contributed by atoms with Gasteiger partial charge in [-0.2, -0.15) is 0 Å².